The number of rotatable bonds is 9. The zero-order valence-electron chi connectivity index (χ0n) is 11.3. The van der Waals surface area contributed by atoms with Gasteiger partial charge in [-0.3, -0.25) is 0 Å². The molecule has 1 unspecified atom stereocenters. The first-order valence-corrected chi connectivity index (χ1v) is 6.77. The zero-order valence-corrected chi connectivity index (χ0v) is 11.3. The largest absolute Gasteiger partial charge is 0.328 e. The summed E-state index contributed by atoms with van der Waals surface area (Å²) in [6, 6.07) is 0.448. The molecule has 92 valence electrons. The van der Waals surface area contributed by atoms with E-state index in [0.29, 0.717) is 11.5 Å². The Labute approximate surface area is 96.8 Å². The van der Waals surface area contributed by atoms with E-state index in [1.807, 2.05) is 0 Å². The molecule has 0 spiro atoms. The number of hydrogen-bond donors (Lipinski definition) is 1. The molecule has 0 amide bonds. The Morgan fingerprint density at radius 1 is 0.933 bits per heavy atom. The molecule has 0 rings (SSSR count). The maximum absolute atomic E-state index is 5.99. The lowest BCUT2D eigenvalue weighted by Gasteiger charge is -2.24. The molecule has 0 aliphatic heterocycles. The SMILES string of the molecule is CCCC(N)CCCCC(C)(C)CCC. The Hall–Kier alpha value is -0.0400. The van der Waals surface area contributed by atoms with Crippen LogP contribution in [0.5, 0.6) is 0 Å². The lowest BCUT2D eigenvalue weighted by Crippen LogP contribution is -2.19. The highest BCUT2D eigenvalue weighted by Gasteiger charge is 2.15. The predicted molar refractivity (Wildman–Crippen MR) is 70.0 cm³/mol. The van der Waals surface area contributed by atoms with Gasteiger partial charge in [-0.1, -0.05) is 53.4 Å². The zero-order chi connectivity index (χ0) is 11.7. The summed E-state index contributed by atoms with van der Waals surface area (Å²) in [7, 11) is 0. The van der Waals surface area contributed by atoms with Gasteiger partial charge in [0.1, 0.15) is 0 Å². The van der Waals surface area contributed by atoms with Gasteiger partial charge in [0.2, 0.25) is 0 Å². The molecule has 1 heteroatoms. The van der Waals surface area contributed by atoms with Crippen LogP contribution in [-0.4, -0.2) is 6.04 Å². The van der Waals surface area contributed by atoms with Gasteiger partial charge in [0.05, 0.1) is 0 Å². The van der Waals surface area contributed by atoms with Crippen molar-refractivity contribution in [1.82, 2.24) is 0 Å². The lowest BCUT2D eigenvalue weighted by molar-refractivity contribution is 0.289. The van der Waals surface area contributed by atoms with E-state index in [2.05, 4.69) is 27.7 Å². The van der Waals surface area contributed by atoms with Crippen LogP contribution in [0.4, 0.5) is 0 Å². The third-order valence-electron chi connectivity index (χ3n) is 3.26. The van der Waals surface area contributed by atoms with Crippen molar-refractivity contribution in [3.05, 3.63) is 0 Å². The van der Waals surface area contributed by atoms with E-state index < -0.39 is 0 Å². The van der Waals surface area contributed by atoms with Crippen molar-refractivity contribution in [1.29, 1.82) is 0 Å². The molecule has 0 aliphatic carbocycles. The van der Waals surface area contributed by atoms with E-state index in [-0.39, 0.29) is 0 Å². The van der Waals surface area contributed by atoms with Crippen molar-refractivity contribution in [2.75, 3.05) is 0 Å². The molecule has 0 saturated carbocycles. The molecule has 0 aromatic carbocycles. The first-order valence-electron chi connectivity index (χ1n) is 6.77. The molecule has 0 bridgehead atoms. The normalized spacial score (nSPS) is 14.2. The third kappa shape index (κ3) is 8.92. The van der Waals surface area contributed by atoms with Gasteiger partial charge in [0.25, 0.3) is 0 Å². The Kier molecular flexibility index (Phi) is 8.13. The quantitative estimate of drug-likeness (QED) is 0.561. The summed E-state index contributed by atoms with van der Waals surface area (Å²) in [6.07, 6.45) is 10.3. The van der Waals surface area contributed by atoms with Gasteiger partial charge in [-0.15, -0.1) is 0 Å². The van der Waals surface area contributed by atoms with Crippen LogP contribution >= 0.6 is 0 Å². The van der Waals surface area contributed by atoms with Crippen molar-refractivity contribution < 1.29 is 0 Å². The first-order chi connectivity index (χ1) is 7.02. The van der Waals surface area contributed by atoms with Gasteiger partial charge in [-0.25, -0.2) is 0 Å². The molecule has 1 atom stereocenters. The second-order valence-electron chi connectivity index (χ2n) is 5.71. The average Bonchev–Trinajstić information content (AvgIpc) is 2.13. The Morgan fingerprint density at radius 2 is 1.60 bits per heavy atom. The lowest BCUT2D eigenvalue weighted by atomic mass is 9.82. The summed E-state index contributed by atoms with van der Waals surface area (Å²) in [5, 5.41) is 0. The summed E-state index contributed by atoms with van der Waals surface area (Å²) in [5.74, 6) is 0. The number of nitrogens with two attached hydrogens (primary N) is 1. The van der Waals surface area contributed by atoms with Gasteiger partial charge in [0.15, 0.2) is 0 Å². The third-order valence-corrected chi connectivity index (χ3v) is 3.26. The summed E-state index contributed by atoms with van der Waals surface area (Å²) >= 11 is 0. The van der Waals surface area contributed by atoms with E-state index in [9.17, 15) is 0 Å². The molecule has 1 nitrogen and oxygen atoms in total. The standard InChI is InChI=1S/C14H31N/c1-5-9-13(15)10-7-8-12-14(3,4)11-6-2/h13H,5-12,15H2,1-4H3. The highest BCUT2D eigenvalue weighted by atomic mass is 14.6. The molecule has 0 saturated heterocycles. The first kappa shape index (κ1) is 15.0. The van der Waals surface area contributed by atoms with Crippen LogP contribution in [0.25, 0.3) is 0 Å². The van der Waals surface area contributed by atoms with Gasteiger partial charge in [-0.2, -0.15) is 0 Å². The van der Waals surface area contributed by atoms with E-state index in [1.165, 1.54) is 51.4 Å². The van der Waals surface area contributed by atoms with Crippen LogP contribution in [0.3, 0.4) is 0 Å². The van der Waals surface area contributed by atoms with Gasteiger partial charge < -0.3 is 5.73 Å². The van der Waals surface area contributed by atoms with E-state index in [1.54, 1.807) is 0 Å². The molecular weight excluding hydrogens is 182 g/mol. The predicted octanol–water partition coefficient (Wildman–Crippen LogP) is 4.50. The maximum Gasteiger partial charge on any atom is 0.00387 e. The summed E-state index contributed by atoms with van der Waals surface area (Å²) < 4.78 is 0. The van der Waals surface area contributed by atoms with Crippen LogP contribution in [0.15, 0.2) is 0 Å². The topological polar surface area (TPSA) is 26.0 Å². The fraction of sp³-hybridized carbons (Fsp3) is 1.00. The monoisotopic (exact) mass is 213 g/mol. The second kappa shape index (κ2) is 8.15. The van der Waals surface area contributed by atoms with E-state index >= 15 is 0 Å². The number of unbranched alkanes of at least 4 members (excludes halogenated alkanes) is 1. The van der Waals surface area contributed by atoms with E-state index in [4.69, 9.17) is 5.73 Å². The van der Waals surface area contributed by atoms with Crippen LogP contribution in [0.2, 0.25) is 0 Å². The van der Waals surface area contributed by atoms with Gasteiger partial charge in [0, 0.05) is 6.04 Å². The van der Waals surface area contributed by atoms with Crippen LogP contribution < -0.4 is 5.73 Å². The molecule has 0 aromatic rings. The molecular formula is C14H31N. The summed E-state index contributed by atoms with van der Waals surface area (Å²) in [4.78, 5) is 0. The van der Waals surface area contributed by atoms with Crippen molar-refractivity contribution in [3.63, 3.8) is 0 Å². The maximum atomic E-state index is 5.99. The van der Waals surface area contributed by atoms with Crippen LogP contribution in [0.1, 0.15) is 79.1 Å². The number of hydrogen-bond acceptors (Lipinski definition) is 1. The second-order valence-corrected chi connectivity index (χ2v) is 5.71. The minimum atomic E-state index is 0.448. The molecule has 0 aromatic heterocycles. The Morgan fingerprint density at radius 3 is 2.13 bits per heavy atom. The molecule has 2 N–H and O–H groups in total. The van der Waals surface area contributed by atoms with Crippen LogP contribution in [0, 0.1) is 5.41 Å². The fourth-order valence-corrected chi connectivity index (χ4v) is 2.33. The Bertz CT molecular complexity index is 140. The molecule has 0 fully saturated rings. The van der Waals surface area contributed by atoms with Crippen molar-refractivity contribution in [2.24, 2.45) is 11.1 Å². The van der Waals surface area contributed by atoms with Crippen molar-refractivity contribution >= 4 is 0 Å². The molecule has 0 aliphatic rings. The van der Waals surface area contributed by atoms with Crippen molar-refractivity contribution in [3.8, 4) is 0 Å². The molecule has 0 heterocycles. The highest BCUT2D eigenvalue weighted by Crippen LogP contribution is 2.29. The molecule has 0 radical (unpaired) electrons. The average molecular weight is 213 g/mol. The van der Waals surface area contributed by atoms with Gasteiger partial charge >= 0.3 is 0 Å². The van der Waals surface area contributed by atoms with Crippen molar-refractivity contribution in [2.45, 2.75) is 85.1 Å². The van der Waals surface area contributed by atoms with E-state index in [0.717, 1.165) is 0 Å². The highest BCUT2D eigenvalue weighted by molar-refractivity contribution is 4.68. The fourth-order valence-electron chi connectivity index (χ4n) is 2.33. The minimum Gasteiger partial charge on any atom is -0.328 e. The smallest absolute Gasteiger partial charge is 0.00387 e. The molecule has 15 heavy (non-hydrogen) atoms. The minimum absolute atomic E-state index is 0.448. The summed E-state index contributed by atoms with van der Waals surface area (Å²) in [6.45, 7) is 9.27. The van der Waals surface area contributed by atoms with Crippen LogP contribution in [-0.2, 0) is 0 Å². The van der Waals surface area contributed by atoms with Gasteiger partial charge in [-0.05, 0) is 31.1 Å². The summed E-state index contributed by atoms with van der Waals surface area (Å²) in [5.41, 5.74) is 6.54. The Balaban J connectivity index is 3.44.